The van der Waals surface area contributed by atoms with Gasteiger partial charge in [-0.25, -0.2) is 4.98 Å². The predicted octanol–water partition coefficient (Wildman–Crippen LogP) is 1.85. The summed E-state index contributed by atoms with van der Waals surface area (Å²) in [5.74, 6) is -0.00382. The molecule has 0 spiro atoms. The standard InChI is InChI=1S/C15H20N4OS/c1-2-5-17-14(20)11-3-4-12-13(10-11)21-15(18-12)19-8-6-16-7-9-19/h3-4,10,16H,2,5-9H2,1H3,(H,17,20). The highest BCUT2D eigenvalue weighted by Crippen LogP contribution is 2.29. The van der Waals surface area contributed by atoms with Crippen LogP contribution in [0, 0.1) is 0 Å². The summed E-state index contributed by atoms with van der Waals surface area (Å²) in [5, 5.41) is 7.31. The summed E-state index contributed by atoms with van der Waals surface area (Å²) in [6.07, 6.45) is 0.946. The number of benzene rings is 1. The molecule has 1 fully saturated rings. The number of aromatic nitrogens is 1. The van der Waals surface area contributed by atoms with Gasteiger partial charge < -0.3 is 15.5 Å². The van der Waals surface area contributed by atoms with E-state index in [9.17, 15) is 4.79 Å². The van der Waals surface area contributed by atoms with Crippen LogP contribution in [0.1, 0.15) is 23.7 Å². The average Bonchev–Trinajstić information content (AvgIpc) is 2.96. The summed E-state index contributed by atoms with van der Waals surface area (Å²) < 4.78 is 1.08. The second-order valence-corrected chi connectivity index (χ2v) is 6.18. The second kappa shape index (κ2) is 6.41. The molecule has 0 atom stereocenters. The molecule has 0 bridgehead atoms. The highest BCUT2D eigenvalue weighted by atomic mass is 32.1. The number of nitrogens with one attached hydrogen (secondary N) is 2. The molecule has 1 aromatic carbocycles. The lowest BCUT2D eigenvalue weighted by Gasteiger charge is -2.26. The SMILES string of the molecule is CCCNC(=O)c1ccc2nc(N3CCNCC3)sc2c1. The Morgan fingerprint density at radius 3 is 3.00 bits per heavy atom. The number of rotatable bonds is 4. The van der Waals surface area contributed by atoms with E-state index in [1.165, 1.54) is 0 Å². The normalized spacial score (nSPS) is 15.4. The Hall–Kier alpha value is -1.66. The Bertz CT molecular complexity index is 634. The molecule has 1 aromatic heterocycles. The van der Waals surface area contributed by atoms with E-state index in [1.54, 1.807) is 11.3 Å². The predicted molar refractivity (Wildman–Crippen MR) is 87.3 cm³/mol. The summed E-state index contributed by atoms with van der Waals surface area (Å²) in [4.78, 5) is 19.0. The molecule has 6 heteroatoms. The largest absolute Gasteiger partial charge is 0.352 e. The smallest absolute Gasteiger partial charge is 0.251 e. The van der Waals surface area contributed by atoms with Crippen LogP contribution in [0.15, 0.2) is 18.2 Å². The van der Waals surface area contributed by atoms with Gasteiger partial charge in [-0.05, 0) is 24.6 Å². The molecule has 2 heterocycles. The van der Waals surface area contributed by atoms with E-state index >= 15 is 0 Å². The Balaban J connectivity index is 1.82. The monoisotopic (exact) mass is 304 g/mol. The minimum absolute atomic E-state index is 0.00382. The molecule has 5 nitrogen and oxygen atoms in total. The van der Waals surface area contributed by atoms with Crippen LogP contribution in [0.4, 0.5) is 5.13 Å². The van der Waals surface area contributed by atoms with Gasteiger partial charge in [0, 0.05) is 38.3 Å². The van der Waals surface area contributed by atoms with Crippen LogP contribution in [-0.2, 0) is 0 Å². The summed E-state index contributed by atoms with van der Waals surface area (Å²) in [6.45, 7) is 6.74. The van der Waals surface area contributed by atoms with Crippen LogP contribution in [0.3, 0.4) is 0 Å². The molecule has 2 aromatic rings. The Morgan fingerprint density at radius 2 is 2.24 bits per heavy atom. The molecular weight excluding hydrogens is 284 g/mol. The van der Waals surface area contributed by atoms with Gasteiger partial charge in [0.1, 0.15) is 0 Å². The van der Waals surface area contributed by atoms with Crippen molar-refractivity contribution < 1.29 is 4.79 Å². The fraction of sp³-hybridized carbons (Fsp3) is 0.467. The third-order valence-corrected chi connectivity index (χ3v) is 4.64. The van der Waals surface area contributed by atoms with Gasteiger partial charge in [-0.3, -0.25) is 4.79 Å². The van der Waals surface area contributed by atoms with Gasteiger partial charge in [-0.15, -0.1) is 0 Å². The van der Waals surface area contributed by atoms with Crippen molar-refractivity contribution in [3.8, 4) is 0 Å². The topological polar surface area (TPSA) is 57.3 Å². The quantitative estimate of drug-likeness (QED) is 0.905. The van der Waals surface area contributed by atoms with E-state index in [0.29, 0.717) is 12.1 Å². The molecule has 0 unspecified atom stereocenters. The molecule has 0 radical (unpaired) electrons. The van der Waals surface area contributed by atoms with Crippen molar-refractivity contribution in [2.75, 3.05) is 37.6 Å². The number of hydrogen-bond donors (Lipinski definition) is 2. The van der Waals surface area contributed by atoms with Gasteiger partial charge in [0.25, 0.3) is 5.91 Å². The van der Waals surface area contributed by atoms with E-state index < -0.39 is 0 Å². The summed E-state index contributed by atoms with van der Waals surface area (Å²) in [6, 6.07) is 5.75. The molecule has 0 saturated carbocycles. The van der Waals surface area contributed by atoms with Crippen molar-refractivity contribution >= 4 is 32.6 Å². The number of hydrogen-bond acceptors (Lipinski definition) is 5. The van der Waals surface area contributed by atoms with Crippen molar-refractivity contribution in [2.45, 2.75) is 13.3 Å². The molecule has 3 rings (SSSR count). The molecule has 1 saturated heterocycles. The van der Waals surface area contributed by atoms with E-state index in [1.807, 2.05) is 25.1 Å². The van der Waals surface area contributed by atoms with Gasteiger partial charge in [-0.2, -0.15) is 0 Å². The zero-order chi connectivity index (χ0) is 14.7. The summed E-state index contributed by atoms with van der Waals surface area (Å²) in [7, 11) is 0. The zero-order valence-electron chi connectivity index (χ0n) is 12.2. The maximum atomic E-state index is 12.0. The van der Waals surface area contributed by atoms with Gasteiger partial charge >= 0.3 is 0 Å². The summed E-state index contributed by atoms with van der Waals surface area (Å²) in [5.41, 5.74) is 1.69. The summed E-state index contributed by atoms with van der Waals surface area (Å²) >= 11 is 1.67. The first-order chi connectivity index (χ1) is 10.3. The number of nitrogens with zero attached hydrogens (tertiary/aromatic N) is 2. The molecule has 1 aliphatic heterocycles. The first-order valence-corrected chi connectivity index (χ1v) is 8.24. The van der Waals surface area contributed by atoms with Crippen LogP contribution >= 0.6 is 11.3 Å². The van der Waals surface area contributed by atoms with Crippen molar-refractivity contribution in [1.29, 1.82) is 0 Å². The molecule has 0 aliphatic carbocycles. The Morgan fingerprint density at radius 1 is 1.43 bits per heavy atom. The Labute approximate surface area is 128 Å². The van der Waals surface area contributed by atoms with E-state index in [-0.39, 0.29) is 5.91 Å². The minimum Gasteiger partial charge on any atom is -0.352 e. The van der Waals surface area contributed by atoms with Crippen molar-refractivity contribution in [3.05, 3.63) is 23.8 Å². The van der Waals surface area contributed by atoms with E-state index in [0.717, 1.165) is 47.9 Å². The second-order valence-electron chi connectivity index (χ2n) is 5.17. The maximum Gasteiger partial charge on any atom is 0.251 e. The molecule has 2 N–H and O–H groups in total. The van der Waals surface area contributed by atoms with Gasteiger partial charge in [0.15, 0.2) is 5.13 Å². The maximum absolute atomic E-state index is 12.0. The average molecular weight is 304 g/mol. The first kappa shape index (κ1) is 14.3. The molecule has 1 aliphatic rings. The Kier molecular flexibility index (Phi) is 4.36. The molecule has 1 amide bonds. The minimum atomic E-state index is -0.00382. The van der Waals surface area contributed by atoms with E-state index in [2.05, 4.69) is 20.5 Å². The van der Waals surface area contributed by atoms with Gasteiger partial charge in [-0.1, -0.05) is 18.3 Å². The third-order valence-electron chi connectivity index (χ3n) is 3.56. The van der Waals surface area contributed by atoms with Crippen LogP contribution in [0.2, 0.25) is 0 Å². The number of thiazole rings is 1. The molecule has 21 heavy (non-hydrogen) atoms. The number of fused-ring (bicyclic) bond motifs is 1. The zero-order valence-corrected chi connectivity index (χ0v) is 13.0. The fourth-order valence-electron chi connectivity index (χ4n) is 2.39. The first-order valence-electron chi connectivity index (χ1n) is 7.42. The lowest BCUT2D eigenvalue weighted by molar-refractivity contribution is 0.0954. The third kappa shape index (κ3) is 3.16. The van der Waals surface area contributed by atoms with E-state index in [4.69, 9.17) is 0 Å². The number of anilines is 1. The highest BCUT2D eigenvalue weighted by molar-refractivity contribution is 7.22. The fourth-order valence-corrected chi connectivity index (χ4v) is 3.44. The molecular formula is C15H20N4OS. The van der Waals surface area contributed by atoms with Crippen molar-refractivity contribution in [2.24, 2.45) is 0 Å². The van der Waals surface area contributed by atoms with Crippen molar-refractivity contribution in [1.82, 2.24) is 15.6 Å². The highest BCUT2D eigenvalue weighted by Gasteiger charge is 2.15. The number of carbonyl (C=O) groups is 1. The number of carbonyl (C=O) groups excluding carboxylic acids is 1. The lowest BCUT2D eigenvalue weighted by atomic mass is 10.2. The van der Waals surface area contributed by atoms with Gasteiger partial charge in [0.2, 0.25) is 0 Å². The van der Waals surface area contributed by atoms with Crippen LogP contribution in [0.25, 0.3) is 10.2 Å². The molecule has 112 valence electrons. The van der Waals surface area contributed by atoms with Gasteiger partial charge in [0.05, 0.1) is 10.2 Å². The number of piperazine rings is 1. The van der Waals surface area contributed by atoms with Crippen LogP contribution < -0.4 is 15.5 Å². The van der Waals surface area contributed by atoms with Crippen LogP contribution in [0.5, 0.6) is 0 Å². The van der Waals surface area contributed by atoms with Crippen LogP contribution in [-0.4, -0.2) is 43.6 Å². The number of amides is 1. The van der Waals surface area contributed by atoms with Crippen molar-refractivity contribution in [3.63, 3.8) is 0 Å². The lowest BCUT2D eigenvalue weighted by Crippen LogP contribution is -2.43.